The number of carbonyl (C=O) groups excluding carboxylic acids is 3. The molecule has 0 rings (SSSR count). The number of aliphatic hydroxyl groups excluding tert-OH is 3. The highest BCUT2D eigenvalue weighted by atomic mass is 16.6. The molecule has 4 atom stereocenters. The zero-order chi connectivity index (χ0) is 15.7. The molecule has 0 unspecified atom stereocenters. The maximum atomic E-state index is 11.3. The Kier molecular flexibility index (Phi) is 8.69. The summed E-state index contributed by atoms with van der Waals surface area (Å²) in [7, 11) is 0. The third-order valence-corrected chi connectivity index (χ3v) is 2.40. The van der Waals surface area contributed by atoms with Gasteiger partial charge in [-0.05, 0) is 6.42 Å². The van der Waals surface area contributed by atoms with Gasteiger partial charge in [0, 0.05) is 13.3 Å². The Balaban J connectivity index is 4.99. The molecule has 0 heterocycles. The van der Waals surface area contributed by atoms with Gasteiger partial charge < -0.3 is 24.8 Å². The van der Waals surface area contributed by atoms with Crippen LogP contribution in [0.4, 0.5) is 0 Å². The Hall–Kier alpha value is -1.51. The predicted octanol–water partition coefficient (Wildman–Crippen LogP) is -1.46. The Labute approximate surface area is 116 Å². The van der Waals surface area contributed by atoms with Gasteiger partial charge >= 0.3 is 11.9 Å². The van der Waals surface area contributed by atoms with Crippen molar-refractivity contribution >= 4 is 18.2 Å². The lowest BCUT2D eigenvalue weighted by atomic mass is 10.0. The number of aliphatic hydroxyl groups is 3. The van der Waals surface area contributed by atoms with Crippen LogP contribution in [0.5, 0.6) is 0 Å². The molecule has 0 saturated carbocycles. The maximum absolute atomic E-state index is 11.3. The van der Waals surface area contributed by atoms with Crippen LogP contribution in [-0.2, 0) is 23.9 Å². The van der Waals surface area contributed by atoms with Crippen molar-refractivity contribution in [2.24, 2.45) is 0 Å². The zero-order valence-corrected chi connectivity index (χ0v) is 11.4. The quantitative estimate of drug-likeness (QED) is 0.347. The van der Waals surface area contributed by atoms with Crippen LogP contribution in [0.15, 0.2) is 0 Å². The standard InChI is InChI=1S/C12H20O8/c1-3-4-10(17)20-9(6-14)12(19-7(2)15)11(18)8(16)5-13/h6,8-9,11-13,16,18H,3-5H2,1-2H3/t8-,9+,11-,12-/m1/s1. The van der Waals surface area contributed by atoms with Crippen molar-refractivity contribution in [2.45, 2.75) is 51.1 Å². The minimum atomic E-state index is -1.77. The van der Waals surface area contributed by atoms with Gasteiger partial charge in [-0.3, -0.25) is 14.4 Å². The molecule has 0 aliphatic carbocycles. The molecule has 0 radical (unpaired) electrons. The summed E-state index contributed by atoms with van der Waals surface area (Å²) in [4.78, 5) is 33.3. The summed E-state index contributed by atoms with van der Waals surface area (Å²) >= 11 is 0. The van der Waals surface area contributed by atoms with Crippen LogP contribution in [0.2, 0.25) is 0 Å². The summed E-state index contributed by atoms with van der Waals surface area (Å²) in [5.41, 5.74) is 0. The highest BCUT2D eigenvalue weighted by Crippen LogP contribution is 2.13. The predicted molar refractivity (Wildman–Crippen MR) is 65.5 cm³/mol. The van der Waals surface area contributed by atoms with Gasteiger partial charge in [0.05, 0.1) is 6.61 Å². The molecule has 0 aromatic rings. The molecule has 116 valence electrons. The summed E-state index contributed by atoms with van der Waals surface area (Å²) in [5.74, 6) is -1.54. The van der Waals surface area contributed by atoms with Gasteiger partial charge in [0.15, 0.2) is 18.5 Å². The number of esters is 2. The molecular weight excluding hydrogens is 272 g/mol. The van der Waals surface area contributed by atoms with Gasteiger partial charge in [0.2, 0.25) is 0 Å². The number of hydrogen-bond donors (Lipinski definition) is 3. The van der Waals surface area contributed by atoms with Gasteiger partial charge in [0.1, 0.15) is 12.2 Å². The van der Waals surface area contributed by atoms with Crippen LogP contribution >= 0.6 is 0 Å². The van der Waals surface area contributed by atoms with Crippen molar-refractivity contribution in [3.05, 3.63) is 0 Å². The van der Waals surface area contributed by atoms with E-state index in [0.717, 1.165) is 6.92 Å². The fraction of sp³-hybridized carbons (Fsp3) is 0.750. The SMILES string of the molecule is CCCC(=O)O[C@@H](C=O)[C@@H](OC(C)=O)[C@H](O)[C@H](O)CO. The van der Waals surface area contributed by atoms with Gasteiger partial charge in [0.25, 0.3) is 0 Å². The van der Waals surface area contributed by atoms with E-state index in [1.807, 2.05) is 0 Å². The van der Waals surface area contributed by atoms with E-state index in [0.29, 0.717) is 6.42 Å². The van der Waals surface area contributed by atoms with E-state index in [1.54, 1.807) is 6.92 Å². The largest absolute Gasteiger partial charge is 0.455 e. The van der Waals surface area contributed by atoms with Crippen LogP contribution in [0.1, 0.15) is 26.7 Å². The molecule has 0 aromatic heterocycles. The molecule has 0 bridgehead atoms. The molecule has 0 amide bonds. The third kappa shape index (κ3) is 6.09. The highest BCUT2D eigenvalue weighted by Gasteiger charge is 2.37. The molecule has 0 aromatic carbocycles. The normalized spacial score (nSPS) is 16.6. The zero-order valence-electron chi connectivity index (χ0n) is 11.4. The number of ether oxygens (including phenoxy) is 2. The van der Waals surface area contributed by atoms with E-state index >= 15 is 0 Å². The monoisotopic (exact) mass is 292 g/mol. The van der Waals surface area contributed by atoms with Crippen LogP contribution in [-0.4, -0.2) is 64.6 Å². The fourth-order valence-corrected chi connectivity index (χ4v) is 1.44. The molecule has 0 saturated heterocycles. The van der Waals surface area contributed by atoms with E-state index in [-0.39, 0.29) is 12.7 Å². The maximum Gasteiger partial charge on any atom is 0.306 e. The molecule has 8 nitrogen and oxygen atoms in total. The average Bonchev–Trinajstić information content (AvgIpc) is 2.40. The van der Waals surface area contributed by atoms with Crippen LogP contribution in [0.3, 0.4) is 0 Å². The number of rotatable bonds is 9. The molecule has 0 fully saturated rings. The van der Waals surface area contributed by atoms with Gasteiger partial charge in [-0.2, -0.15) is 0 Å². The van der Waals surface area contributed by atoms with Crippen LogP contribution in [0, 0.1) is 0 Å². The lowest BCUT2D eigenvalue weighted by molar-refractivity contribution is -0.183. The van der Waals surface area contributed by atoms with Crippen molar-refractivity contribution in [2.75, 3.05) is 6.61 Å². The van der Waals surface area contributed by atoms with Crippen LogP contribution < -0.4 is 0 Å². The molecule has 0 aliphatic rings. The molecular formula is C12H20O8. The molecule has 20 heavy (non-hydrogen) atoms. The van der Waals surface area contributed by atoms with E-state index in [9.17, 15) is 24.6 Å². The number of aldehydes is 1. The molecule has 3 N–H and O–H groups in total. The summed E-state index contributed by atoms with van der Waals surface area (Å²) < 4.78 is 9.48. The first-order chi connectivity index (χ1) is 9.37. The van der Waals surface area contributed by atoms with Gasteiger partial charge in [-0.25, -0.2) is 0 Å². The Morgan fingerprint density at radius 1 is 1.25 bits per heavy atom. The summed E-state index contributed by atoms with van der Waals surface area (Å²) in [6, 6.07) is 0. The van der Waals surface area contributed by atoms with E-state index in [2.05, 4.69) is 0 Å². The van der Waals surface area contributed by atoms with E-state index < -0.39 is 43.0 Å². The summed E-state index contributed by atoms with van der Waals surface area (Å²) in [6.07, 6.45) is -5.84. The summed E-state index contributed by atoms with van der Waals surface area (Å²) in [5, 5.41) is 27.8. The van der Waals surface area contributed by atoms with Crippen molar-refractivity contribution < 1.29 is 39.2 Å². The van der Waals surface area contributed by atoms with E-state index in [1.165, 1.54) is 0 Å². The first-order valence-corrected chi connectivity index (χ1v) is 6.16. The van der Waals surface area contributed by atoms with Crippen molar-refractivity contribution in [1.82, 2.24) is 0 Å². The Morgan fingerprint density at radius 2 is 1.85 bits per heavy atom. The minimum Gasteiger partial charge on any atom is -0.455 e. The number of carbonyl (C=O) groups is 3. The van der Waals surface area contributed by atoms with Gasteiger partial charge in [-0.1, -0.05) is 6.92 Å². The van der Waals surface area contributed by atoms with Crippen molar-refractivity contribution in [3.63, 3.8) is 0 Å². The molecule has 0 spiro atoms. The Bertz CT molecular complexity index is 329. The molecule has 0 aliphatic heterocycles. The Morgan fingerprint density at radius 3 is 2.25 bits per heavy atom. The second-order valence-corrected chi connectivity index (χ2v) is 4.16. The van der Waals surface area contributed by atoms with Crippen LogP contribution in [0.25, 0.3) is 0 Å². The first kappa shape index (κ1) is 18.5. The first-order valence-electron chi connectivity index (χ1n) is 6.16. The second kappa shape index (κ2) is 9.40. The smallest absolute Gasteiger partial charge is 0.306 e. The fourth-order valence-electron chi connectivity index (χ4n) is 1.44. The highest BCUT2D eigenvalue weighted by molar-refractivity contribution is 5.73. The topological polar surface area (TPSA) is 130 Å². The van der Waals surface area contributed by atoms with Crippen molar-refractivity contribution in [3.8, 4) is 0 Å². The molecule has 8 heteroatoms. The van der Waals surface area contributed by atoms with E-state index in [4.69, 9.17) is 14.6 Å². The third-order valence-electron chi connectivity index (χ3n) is 2.40. The average molecular weight is 292 g/mol. The van der Waals surface area contributed by atoms with Gasteiger partial charge in [-0.15, -0.1) is 0 Å². The lowest BCUT2D eigenvalue weighted by Gasteiger charge is -2.28. The summed E-state index contributed by atoms with van der Waals surface area (Å²) in [6.45, 7) is 1.94. The lowest BCUT2D eigenvalue weighted by Crippen LogP contribution is -2.50. The number of hydrogen-bond acceptors (Lipinski definition) is 8. The second-order valence-electron chi connectivity index (χ2n) is 4.16. The minimum absolute atomic E-state index is 0.0514. The van der Waals surface area contributed by atoms with Crippen molar-refractivity contribution in [1.29, 1.82) is 0 Å².